The number of anilines is 1. The lowest BCUT2D eigenvalue weighted by Crippen LogP contribution is -2.12. The molecule has 0 radical (unpaired) electrons. The first-order valence-electron chi connectivity index (χ1n) is 7.25. The van der Waals surface area contributed by atoms with Crippen molar-refractivity contribution in [2.75, 3.05) is 4.72 Å². The highest BCUT2D eigenvalue weighted by atomic mass is 35.5. The molecule has 0 unspecified atom stereocenters. The molecule has 1 N–H and O–H groups in total. The third-order valence-corrected chi connectivity index (χ3v) is 5.21. The number of halogens is 1. The summed E-state index contributed by atoms with van der Waals surface area (Å²) in [5.74, 6) is 0. The molecule has 0 bridgehead atoms. The molecule has 1 aromatic heterocycles. The number of rotatable bonds is 4. The third kappa shape index (κ3) is 3.58. The lowest BCUT2D eigenvalue weighted by atomic mass is 10.0. The van der Waals surface area contributed by atoms with Crippen molar-refractivity contribution in [1.82, 2.24) is 4.98 Å². The average molecular weight is 359 g/mol. The molecular formula is C18H15ClN2O2S. The van der Waals surface area contributed by atoms with Crippen LogP contribution in [0.25, 0.3) is 11.1 Å². The van der Waals surface area contributed by atoms with Crippen LogP contribution in [0.1, 0.15) is 5.56 Å². The van der Waals surface area contributed by atoms with Gasteiger partial charge in [0, 0.05) is 28.7 Å². The molecule has 0 saturated heterocycles. The van der Waals surface area contributed by atoms with Gasteiger partial charge in [0.1, 0.15) is 0 Å². The highest BCUT2D eigenvalue weighted by Gasteiger charge is 2.14. The van der Waals surface area contributed by atoms with E-state index in [1.165, 1.54) is 12.1 Å². The van der Waals surface area contributed by atoms with Crippen molar-refractivity contribution in [2.24, 2.45) is 0 Å². The van der Waals surface area contributed by atoms with E-state index in [4.69, 9.17) is 11.6 Å². The number of sulfonamides is 1. The van der Waals surface area contributed by atoms with Crippen LogP contribution in [0.4, 0.5) is 5.69 Å². The Bertz CT molecular complexity index is 970. The van der Waals surface area contributed by atoms with E-state index in [1.54, 1.807) is 36.7 Å². The molecule has 4 nitrogen and oxygen atoms in total. The first kappa shape index (κ1) is 16.5. The fourth-order valence-corrected chi connectivity index (χ4v) is 3.69. The Morgan fingerprint density at radius 3 is 2.46 bits per heavy atom. The molecule has 0 aliphatic rings. The van der Waals surface area contributed by atoms with Gasteiger partial charge in [-0.3, -0.25) is 9.71 Å². The first-order chi connectivity index (χ1) is 11.5. The second-order valence-corrected chi connectivity index (χ2v) is 7.45. The minimum atomic E-state index is -3.67. The Labute approximate surface area is 146 Å². The fourth-order valence-electron chi connectivity index (χ4n) is 2.33. The van der Waals surface area contributed by atoms with Crippen molar-refractivity contribution in [3.8, 4) is 11.1 Å². The van der Waals surface area contributed by atoms with Gasteiger partial charge in [-0.15, -0.1) is 0 Å². The van der Waals surface area contributed by atoms with Crippen molar-refractivity contribution >= 4 is 27.3 Å². The summed E-state index contributed by atoms with van der Waals surface area (Å²) in [6.07, 6.45) is 3.53. The third-order valence-electron chi connectivity index (χ3n) is 3.59. The van der Waals surface area contributed by atoms with Gasteiger partial charge in [0.25, 0.3) is 10.0 Å². The number of nitrogens with zero attached hydrogens (tertiary/aromatic N) is 1. The summed E-state index contributed by atoms with van der Waals surface area (Å²) >= 11 is 5.86. The SMILES string of the molecule is Cc1ccncc1-c1ccc(NS(=O)(=O)c2cccc(Cl)c2)cc1. The summed E-state index contributed by atoms with van der Waals surface area (Å²) < 4.78 is 27.3. The number of aryl methyl sites for hydroxylation is 1. The molecule has 0 aliphatic heterocycles. The molecule has 1 heterocycles. The van der Waals surface area contributed by atoms with E-state index in [0.29, 0.717) is 10.7 Å². The number of hydrogen-bond donors (Lipinski definition) is 1. The summed E-state index contributed by atoms with van der Waals surface area (Å²) in [4.78, 5) is 4.25. The number of hydrogen-bond acceptors (Lipinski definition) is 3. The Kier molecular flexibility index (Phi) is 4.55. The molecule has 6 heteroatoms. The molecule has 24 heavy (non-hydrogen) atoms. The van der Waals surface area contributed by atoms with Crippen LogP contribution in [0.2, 0.25) is 5.02 Å². The van der Waals surface area contributed by atoms with E-state index >= 15 is 0 Å². The molecule has 2 aromatic carbocycles. The Morgan fingerprint density at radius 1 is 1.04 bits per heavy atom. The van der Waals surface area contributed by atoms with Crippen LogP contribution in [0.15, 0.2) is 71.9 Å². The van der Waals surface area contributed by atoms with Gasteiger partial charge in [-0.25, -0.2) is 8.42 Å². The van der Waals surface area contributed by atoms with Crippen LogP contribution < -0.4 is 4.72 Å². The molecule has 122 valence electrons. The van der Waals surface area contributed by atoms with Crippen LogP contribution in [0.5, 0.6) is 0 Å². The highest BCUT2D eigenvalue weighted by molar-refractivity contribution is 7.92. The predicted molar refractivity (Wildman–Crippen MR) is 96.7 cm³/mol. The van der Waals surface area contributed by atoms with Crippen LogP contribution in [0, 0.1) is 6.92 Å². The van der Waals surface area contributed by atoms with Crippen LogP contribution in [0.3, 0.4) is 0 Å². The average Bonchev–Trinajstić information content (AvgIpc) is 2.56. The van der Waals surface area contributed by atoms with E-state index in [9.17, 15) is 8.42 Å². The van der Waals surface area contributed by atoms with Gasteiger partial charge in [0.05, 0.1) is 4.90 Å². The smallest absolute Gasteiger partial charge is 0.261 e. The highest BCUT2D eigenvalue weighted by Crippen LogP contribution is 2.25. The van der Waals surface area contributed by atoms with Crippen molar-refractivity contribution in [3.63, 3.8) is 0 Å². The number of benzene rings is 2. The Balaban J connectivity index is 1.85. The van der Waals surface area contributed by atoms with Crippen LogP contribution >= 0.6 is 11.6 Å². The molecule has 0 fully saturated rings. The molecular weight excluding hydrogens is 344 g/mol. The lowest BCUT2D eigenvalue weighted by Gasteiger charge is -2.10. The van der Waals surface area contributed by atoms with Crippen molar-refractivity contribution in [2.45, 2.75) is 11.8 Å². The topological polar surface area (TPSA) is 59.1 Å². The first-order valence-corrected chi connectivity index (χ1v) is 9.11. The normalized spacial score (nSPS) is 11.2. The van der Waals surface area contributed by atoms with Gasteiger partial charge in [-0.2, -0.15) is 0 Å². The van der Waals surface area contributed by atoms with Gasteiger partial charge in [0.15, 0.2) is 0 Å². The van der Waals surface area contributed by atoms with E-state index in [1.807, 2.05) is 25.1 Å². The van der Waals surface area contributed by atoms with E-state index < -0.39 is 10.0 Å². The monoisotopic (exact) mass is 358 g/mol. The lowest BCUT2D eigenvalue weighted by molar-refractivity contribution is 0.601. The molecule has 3 aromatic rings. The van der Waals surface area contributed by atoms with Crippen molar-refractivity contribution in [3.05, 3.63) is 77.6 Å². The number of pyridine rings is 1. The quantitative estimate of drug-likeness (QED) is 0.746. The second-order valence-electron chi connectivity index (χ2n) is 5.33. The molecule has 0 spiro atoms. The van der Waals surface area contributed by atoms with Gasteiger partial charge < -0.3 is 0 Å². The molecule has 0 atom stereocenters. The maximum atomic E-state index is 12.4. The molecule has 3 rings (SSSR count). The second kappa shape index (κ2) is 6.63. The predicted octanol–water partition coefficient (Wildman–Crippen LogP) is 4.51. The summed E-state index contributed by atoms with van der Waals surface area (Å²) in [6, 6.07) is 15.3. The van der Waals surface area contributed by atoms with E-state index in [2.05, 4.69) is 9.71 Å². The zero-order chi connectivity index (χ0) is 17.2. The van der Waals surface area contributed by atoms with Crippen molar-refractivity contribution in [1.29, 1.82) is 0 Å². The summed E-state index contributed by atoms with van der Waals surface area (Å²) in [6.45, 7) is 2.01. The summed E-state index contributed by atoms with van der Waals surface area (Å²) in [7, 11) is -3.67. The van der Waals surface area contributed by atoms with Crippen molar-refractivity contribution < 1.29 is 8.42 Å². The van der Waals surface area contributed by atoms with E-state index in [0.717, 1.165) is 16.7 Å². The van der Waals surface area contributed by atoms with Crippen LogP contribution in [-0.2, 0) is 10.0 Å². The zero-order valence-corrected chi connectivity index (χ0v) is 14.5. The zero-order valence-electron chi connectivity index (χ0n) is 12.9. The van der Waals surface area contributed by atoms with Gasteiger partial charge in [-0.05, 0) is 54.4 Å². The minimum absolute atomic E-state index is 0.127. The molecule has 0 aliphatic carbocycles. The fraction of sp³-hybridized carbons (Fsp3) is 0.0556. The number of nitrogens with one attached hydrogen (secondary N) is 1. The molecule has 0 amide bonds. The van der Waals surface area contributed by atoms with Gasteiger partial charge >= 0.3 is 0 Å². The largest absolute Gasteiger partial charge is 0.280 e. The standard InChI is InChI=1S/C18H15ClN2O2S/c1-13-9-10-20-12-18(13)14-5-7-16(8-6-14)21-24(22,23)17-4-2-3-15(19)11-17/h2-12,21H,1H3. The summed E-state index contributed by atoms with van der Waals surface area (Å²) in [5.41, 5.74) is 3.59. The maximum absolute atomic E-state index is 12.4. The van der Waals surface area contributed by atoms with Crippen LogP contribution in [-0.4, -0.2) is 13.4 Å². The maximum Gasteiger partial charge on any atom is 0.261 e. The van der Waals surface area contributed by atoms with Gasteiger partial charge in [0.2, 0.25) is 0 Å². The Hall–Kier alpha value is -2.37. The Morgan fingerprint density at radius 2 is 1.79 bits per heavy atom. The van der Waals surface area contributed by atoms with E-state index in [-0.39, 0.29) is 4.90 Å². The number of aromatic nitrogens is 1. The molecule has 0 saturated carbocycles. The minimum Gasteiger partial charge on any atom is -0.280 e. The summed E-state index contributed by atoms with van der Waals surface area (Å²) in [5, 5.41) is 0.375. The van der Waals surface area contributed by atoms with Gasteiger partial charge in [-0.1, -0.05) is 29.8 Å².